The van der Waals surface area contributed by atoms with Crippen molar-refractivity contribution in [3.8, 4) is 11.5 Å². The molecule has 0 bridgehead atoms. The van der Waals surface area contributed by atoms with Gasteiger partial charge in [-0.1, -0.05) is 0 Å². The van der Waals surface area contributed by atoms with E-state index in [-0.39, 0.29) is 0 Å². The number of rotatable bonds is 6. The van der Waals surface area contributed by atoms with Gasteiger partial charge in [0.2, 0.25) is 5.91 Å². The minimum Gasteiger partial charge on any atom is -0.493 e. The summed E-state index contributed by atoms with van der Waals surface area (Å²) in [7, 11) is 3.41. The lowest BCUT2D eigenvalue weighted by atomic mass is 9.95. The molecule has 3 heterocycles. The van der Waals surface area contributed by atoms with Crippen LogP contribution in [0.15, 0.2) is 12.1 Å². The first-order chi connectivity index (χ1) is 13.7. The van der Waals surface area contributed by atoms with Gasteiger partial charge in [0.25, 0.3) is 0 Å². The van der Waals surface area contributed by atoms with Gasteiger partial charge in [-0.2, -0.15) is 0 Å². The van der Waals surface area contributed by atoms with E-state index in [0.29, 0.717) is 11.9 Å². The van der Waals surface area contributed by atoms with Crippen molar-refractivity contribution in [3.63, 3.8) is 0 Å². The van der Waals surface area contributed by atoms with Gasteiger partial charge in [0.1, 0.15) is 0 Å². The molecule has 0 saturated carbocycles. The summed E-state index contributed by atoms with van der Waals surface area (Å²) in [4.78, 5) is 19.0. The highest BCUT2D eigenvalue weighted by Gasteiger charge is 2.29. The van der Waals surface area contributed by atoms with Crippen LogP contribution in [0.5, 0.6) is 11.5 Å². The van der Waals surface area contributed by atoms with E-state index < -0.39 is 0 Å². The van der Waals surface area contributed by atoms with E-state index in [1.165, 1.54) is 24.0 Å². The third kappa shape index (κ3) is 4.13. The molecule has 0 unspecified atom stereocenters. The molecule has 6 heteroatoms. The van der Waals surface area contributed by atoms with E-state index in [9.17, 15) is 4.79 Å². The Kier molecular flexibility index (Phi) is 6.07. The van der Waals surface area contributed by atoms with E-state index in [0.717, 1.165) is 76.6 Å². The molecule has 2 fully saturated rings. The van der Waals surface area contributed by atoms with Gasteiger partial charge in [-0.3, -0.25) is 9.69 Å². The van der Waals surface area contributed by atoms with Crippen LogP contribution < -0.4 is 9.47 Å². The van der Waals surface area contributed by atoms with Crippen molar-refractivity contribution in [2.75, 3.05) is 53.5 Å². The fourth-order valence-electron chi connectivity index (χ4n) is 4.93. The maximum Gasteiger partial charge on any atom is 0.222 e. The van der Waals surface area contributed by atoms with Crippen LogP contribution >= 0.6 is 0 Å². The molecule has 4 rings (SSSR count). The van der Waals surface area contributed by atoms with Crippen molar-refractivity contribution < 1.29 is 14.3 Å². The first-order valence-corrected chi connectivity index (χ1v) is 10.7. The van der Waals surface area contributed by atoms with Crippen molar-refractivity contribution in [1.82, 2.24) is 14.7 Å². The quantitative estimate of drug-likeness (QED) is 0.748. The molecule has 0 spiro atoms. The molecule has 0 aliphatic carbocycles. The number of ether oxygens (including phenoxy) is 2. The molecule has 1 aromatic carbocycles. The molecule has 154 valence electrons. The zero-order valence-electron chi connectivity index (χ0n) is 17.3. The monoisotopic (exact) mass is 387 g/mol. The molecule has 28 heavy (non-hydrogen) atoms. The smallest absolute Gasteiger partial charge is 0.222 e. The third-order valence-electron chi connectivity index (χ3n) is 6.68. The lowest BCUT2D eigenvalue weighted by Crippen LogP contribution is -2.48. The molecule has 0 radical (unpaired) electrons. The van der Waals surface area contributed by atoms with Crippen LogP contribution in [-0.2, 0) is 17.8 Å². The highest BCUT2D eigenvalue weighted by atomic mass is 16.5. The summed E-state index contributed by atoms with van der Waals surface area (Å²) in [5.41, 5.74) is 2.76. The summed E-state index contributed by atoms with van der Waals surface area (Å²) >= 11 is 0. The second-order valence-corrected chi connectivity index (χ2v) is 8.25. The second-order valence-electron chi connectivity index (χ2n) is 8.25. The first kappa shape index (κ1) is 19.5. The van der Waals surface area contributed by atoms with Crippen molar-refractivity contribution in [1.29, 1.82) is 0 Å². The topological polar surface area (TPSA) is 45.3 Å². The predicted molar refractivity (Wildman–Crippen MR) is 109 cm³/mol. The zero-order chi connectivity index (χ0) is 19.5. The highest BCUT2D eigenvalue weighted by molar-refractivity contribution is 5.78. The van der Waals surface area contributed by atoms with E-state index in [4.69, 9.17) is 9.47 Å². The fourth-order valence-corrected chi connectivity index (χ4v) is 4.93. The molecule has 3 aliphatic heterocycles. The van der Waals surface area contributed by atoms with Crippen LogP contribution in [0.2, 0.25) is 0 Å². The summed E-state index contributed by atoms with van der Waals surface area (Å²) < 4.78 is 11.0. The molecule has 0 N–H and O–H groups in total. The summed E-state index contributed by atoms with van der Waals surface area (Å²) in [6.07, 6.45) is 5.29. The normalized spacial score (nSPS) is 21.8. The van der Waals surface area contributed by atoms with E-state index >= 15 is 0 Å². The summed E-state index contributed by atoms with van der Waals surface area (Å²) in [5, 5.41) is 0. The van der Waals surface area contributed by atoms with Crippen LogP contribution in [0.1, 0.15) is 36.8 Å². The van der Waals surface area contributed by atoms with Gasteiger partial charge in [-0.25, -0.2) is 0 Å². The molecule has 6 nitrogen and oxygen atoms in total. The van der Waals surface area contributed by atoms with Crippen LogP contribution in [0.25, 0.3) is 0 Å². The predicted octanol–water partition coefficient (Wildman–Crippen LogP) is 2.15. The van der Waals surface area contributed by atoms with Crippen LogP contribution in [0, 0.1) is 0 Å². The summed E-state index contributed by atoms with van der Waals surface area (Å²) in [6.45, 7) is 7.29. The molecule has 2 saturated heterocycles. The minimum absolute atomic E-state index is 0.342. The van der Waals surface area contributed by atoms with Gasteiger partial charge in [0.15, 0.2) is 11.5 Å². The average Bonchev–Trinajstić information content (AvgIpc) is 3.15. The van der Waals surface area contributed by atoms with Crippen molar-refractivity contribution in [2.24, 2.45) is 0 Å². The first-order valence-electron chi connectivity index (χ1n) is 10.7. The van der Waals surface area contributed by atoms with Crippen molar-refractivity contribution in [3.05, 3.63) is 23.3 Å². The Bertz CT molecular complexity index is 701. The lowest BCUT2D eigenvalue weighted by molar-refractivity contribution is -0.127. The Hall–Kier alpha value is -1.79. The number of nitrogens with zero attached hydrogens (tertiary/aromatic N) is 3. The molecule has 3 aliphatic rings. The maximum absolute atomic E-state index is 11.8. The number of amides is 1. The maximum atomic E-state index is 11.8. The number of carbonyl (C=O) groups excluding carboxylic acids is 1. The van der Waals surface area contributed by atoms with E-state index in [1.807, 2.05) is 4.90 Å². The number of benzene rings is 1. The lowest BCUT2D eigenvalue weighted by Gasteiger charge is -2.41. The van der Waals surface area contributed by atoms with Crippen LogP contribution in [0.4, 0.5) is 0 Å². The van der Waals surface area contributed by atoms with Gasteiger partial charge >= 0.3 is 0 Å². The molecule has 0 atom stereocenters. The molecule has 1 amide bonds. The zero-order valence-corrected chi connectivity index (χ0v) is 17.3. The van der Waals surface area contributed by atoms with Crippen molar-refractivity contribution in [2.45, 2.75) is 44.7 Å². The molecular formula is C22H33N3O3. The SMILES string of the molecule is COc1cc2c(cc1OC)CN(C1CCN(CCN3CCCC3=O)CC1)CC2. The standard InChI is InChI=1S/C22H33N3O3/c1-27-20-14-17-5-11-25(16-18(17)15-21(20)28-2)19-6-9-23(10-7-19)12-13-24-8-3-4-22(24)26/h14-15,19H,3-13,16H2,1-2H3. The average molecular weight is 388 g/mol. The summed E-state index contributed by atoms with van der Waals surface area (Å²) in [6, 6.07) is 4.96. The highest BCUT2D eigenvalue weighted by Crippen LogP contribution is 2.34. The van der Waals surface area contributed by atoms with Gasteiger partial charge in [-0.15, -0.1) is 0 Å². The summed E-state index contributed by atoms with van der Waals surface area (Å²) in [5.74, 6) is 2.00. The Labute approximate surface area is 168 Å². The largest absolute Gasteiger partial charge is 0.493 e. The number of methoxy groups -OCH3 is 2. The molecule has 1 aromatic rings. The Balaban J connectivity index is 1.29. The van der Waals surface area contributed by atoms with Crippen molar-refractivity contribution >= 4 is 5.91 Å². The van der Waals surface area contributed by atoms with E-state index in [2.05, 4.69) is 21.9 Å². The number of fused-ring (bicyclic) bond motifs is 1. The van der Waals surface area contributed by atoms with Crippen LogP contribution in [-0.4, -0.2) is 80.1 Å². The molecule has 0 aromatic heterocycles. The fraction of sp³-hybridized carbons (Fsp3) is 0.682. The Morgan fingerprint density at radius 2 is 1.64 bits per heavy atom. The van der Waals surface area contributed by atoms with Gasteiger partial charge in [-0.05, 0) is 62.0 Å². The van der Waals surface area contributed by atoms with Gasteiger partial charge in [0, 0.05) is 45.2 Å². The Morgan fingerprint density at radius 1 is 0.929 bits per heavy atom. The number of hydrogen-bond donors (Lipinski definition) is 0. The second kappa shape index (κ2) is 8.70. The third-order valence-corrected chi connectivity index (χ3v) is 6.68. The van der Waals surface area contributed by atoms with Crippen LogP contribution in [0.3, 0.4) is 0 Å². The minimum atomic E-state index is 0.342. The Morgan fingerprint density at radius 3 is 2.29 bits per heavy atom. The molecular weight excluding hydrogens is 354 g/mol. The van der Waals surface area contributed by atoms with Gasteiger partial charge < -0.3 is 19.3 Å². The van der Waals surface area contributed by atoms with Gasteiger partial charge in [0.05, 0.1) is 14.2 Å². The van der Waals surface area contributed by atoms with E-state index in [1.54, 1.807) is 14.2 Å². The number of piperidine rings is 1. The number of carbonyl (C=O) groups is 1. The number of hydrogen-bond acceptors (Lipinski definition) is 5. The number of likely N-dealkylation sites (tertiary alicyclic amines) is 2.